The Hall–Kier alpha value is -1.10. The van der Waals surface area contributed by atoms with E-state index in [-0.39, 0.29) is 11.6 Å². The Morgan fingerprint density at radius 2 is 2.00 bits per heavy atom. The van der Waals surface area contributed by atoms with Crippen molar-refractivity contribution in [1.82, 2.24) is 10.3 Å². The zero-order chi connectivity index (χ0) is 14.3. The summed E-state index contributed by atoms with van der Waals surface area (Å²) in [5.74, 6) is 0. The van der Waals surface area contributed by atoms with E-state index < -0.39 is 11.7 Å². The molecule has 1 unspecified atom stereocenters. The van der Waals surface area contributed by atoms with Crippen molar-refractivity contribution in [2.24, 2.45) is 0 Å². The molecule has 1 aromatic heterocycles. The maximum Gasteiger partial charge on any atom is 0.416 e. The fraction of sp³-hybridized carbons (Fsp3) is 0.643. The number of aromatic nitrogens is 1. The minimum absolute atomic E-state index is 0.244. The Morgan fingerprint density at radius 1 is 1.26 bits per heavy atom. The van der Waals surface area contributed by atoms with Gasteiger partial charge in [-0.3, -0.25) is 4.98 Å². The van der Waals surface area contributed by atoms with Crippen molar-refractivity contribution in [1.29, 1.82) is 0 Å². The van der Waals surface area contributed by atoms with Crippen molar-refractivity contribution in [2.75, 3.05) is 7.05 Å². The molecule has 0 aliphatic rings. The number of unbranched alkanes of at least 4 members (excludes halogenated alkanes) is 3. The van der Waals surface area contributed by atoms with Gasteiger partial charge in [-0.25, -0.2) is 0 Å². The van der Waals surface area contributed by atoms with Crippen LogP contribution in [0.2, 0.25) is 0 Å². The van der Waals surface area contributed by atoms with Gasteiger partial charge in [-0.05, 0) is 25.1 Å². The van der Waals surface area contributed by atoms with Crippen LogP contribution in [0.3, 0.4) is 0 Å². The van der Waals surface area contributed by atoms with Crippen LogP contribution in [0.1, 0.15) is 56.2 Å². The van der Waals surface area contributed by atoms with Crippen LogP contribution < -0.4 is 5.32 Å². The highest BCUT2D eigenvalue weighted by atomic mass is 19.4. The fourth-order valence-corrected chi connectivity index (χ4v) is 2.17. The van der Waals surface area contributed by atoms with Gasteiger partial charge >= 0.3 is 6.18 Å². The van der Waals surface area contributed by atoms with Crippen LogP contribution in [0, 0.1) is 0 Å². The minimum atomic E-state index is -4.32. The van der Waals surface area contributed by atoms with Crippen molar-refractivity contribution in [2.45, 2.75) is 51.2 Å². The van der Waals surface area contributed by atoms with Gasteiger partial charge in [0, 0.05) is 18.4 Å². The third-order valence-corrected chi connectivity index (χ3v) is 3.23. The molecule has 2 nitrogen and oxygen atoms in total. The number of pyridine rings is 1. The van der Waals surface area contributed by atoms with E-state index in [0.29, 0.717) is 6.42 Å². The third kappa shape index (κ3) is 4.82. The molecule has 5 heteroatoms. The van der Waals surface area contributed by atoms with Gasteiger partial charge in [0.2, 0.25) is 0 Å². The zero-order valence-corrected chi connectivity index (χ0v) is 11.4. The second kappa shape index (κ2) is 7.48. The number of rotatable bonds is 7. The lowest BCUT2D eigenvalue weighted by atomic mass is 9.97. The Morgan fingerprint density at radius 3 is 2.58 bits per heavy atom. The fourth-order valence-electron chi connectivity index (χ4n) is 2.17. The predicted molar refractivity (Wildman–Crippen MR) is 69.8 cm³/mol. The summed E-state index contributed by atoms with van der Waals surface area (Å²) in [7, 11) is 1.69. The SMILES string of the molecule is CCCCCCC(NC)c1cnccc1C(F)(F)F. The predicted octanol–water partition coefficient (Wildman–Crippen LogP) is 4.33. The van der Waals surface area contributed by atoms with Gasteiger partial charge in [0.05, 0.1) is 5.56 Å². The highest BCUT2D eigenvalue weighted by Gasteiger charge is 2.34. The lowest BCUT2D eigenvalue weighted by Gasteiger charge is -2.20. The molecule has 0 spiro atoms. The first-order valence-electron chi connectivity index (χ1n) is 6.69. The summed E-state index contributed by atoms with van der Waals surface area (Å²) < 4.78 is 38.8. The molecule has 1 rings (SSSR count). The molecule has 0 saturated carbocycles. The highest BCUT2D eigenvalue weighted by Crippen LogP contribution is 2.35. The first-order valence-corrected chi connectivity index (χ1v) is 6.69. The van der Waals surface area contributed by atoms with Crippen LogP contribution in [-0.2, 0) is 6.18 Å². The van der Waals surface area contributed by atoms with Gasteiger partial charge in [0.1, 0.15) is 0 Å². The van der Waals surface area contributed by atoms with Crippen LogP contribution >= 0.6 is 0 Å². The quantitative estimate of drug-likeness (QED) is 0.748. The highest BCUT2D eigenvalue weighted by molar-refractivity contribution is 5.29. The van der Waals surface area contributed by atoms with E-state index in [4.69, 9.17) is 0 Å². The third-order valence-electron chi connectivity index (χ3n) is 3.23. The second-order valence-corrected chi connectivity index (χ2v) is 4.65. The van der Waals surface area contributed by atoms with Gasteiger partial charge in [-0.15, -0.1) is 0 Å². The number of nitrogens with one attached hydrogen (secondary N) is 1. The van der Waals surface area contributed by atoms with E-state index in [1.54, 1.807) is 7.05 Å². The van der Waals surface area contributed by atoms with Crippen molar-refractivity contribution in [3.63, 3.8) is 0 Å². The van der Waals surface area contributed by atoms with Crippen LogP contribution in [0.4, 0.5) is 13.2 Å². The monoisotopic (exact) mass is 274 g/mol. The molecule has 0 radical (unpaired) electrons. The molecular formula is C14H21F3N2. The summed E-state index contributed by atoms with van der Waals surface area (Å²) >= 11 is 0. The maximum absolute atomic E-state index is 12.9. The Kier molecular flexibility index (Phi) is 6.28. The van der Waals surface area contributed by atoms with Crippen molar-refractivity contribution in [3.05, 3.63) is 29.6 Å². The lowest BCUT2D eigenvalue weighted by Crippen LogP contribution is -2.21. The number of alkyl halides is 3. The van der Waals surface area contributed by atoms with Gasteiger partial charge < -0.3 is 5.32 Å². The average Bonchev–Trinajstić information content (AvgIpc) is 2.38. The maximum atomic E-state index is 12.9. The van der Waals surface area contributed by atoms with E-state index in [1.807, 2.05) is 0 Å². The van der Waals surface area contributed by atoms with Crippen molar-refractivity contribution in [3.8, 4) is 0 Å². The molecule has 108 valence electrons. The number of nitrogens with zero attached hydrogens (tertiary/aromatic N) is 1. The molecule has 1 heterocycles. The molecule has 0 amide bonds. The molecule has 1 atom stereocenters. The first kappa shape index (κ1) is 16.0. The molecule has 0 fully saturated rings. The molecule has 0 aliphatic heterocycles. The molecule has 0 bridgehead atoms. The van der Waals surface area contributed by atoms with Gasteiger partial charge in [0.25, 0.3) is 0 Å². The summed E-state index contributed by atoms with van der Waals surface area (Å²) in [6, 6.07) is 0.758. The van der Waals surface area contributed by atoms with E-state index >= 15 is 0 Å². The van der Waals surface area contributed by atoms with Crippen molar-refractivity contribution >= 4 is 0 Å². The molecular weight excluding hydrogens is 253 g/mol. The zero-order valence-electron chi connectivity index (χ0n) is 11.4. The summed E-state index contributed by atoms with van der Waals surface area (Å²) in [6.45, 7) is 2.11. The average molecular weight is 274 g/mol. The summed E-state index contributed by atoms with van der Waals surface area (Å²) in [5.41, 5.74) is -0.341. The number of hydrogen-bond donors (Lipinski definition) is 1. The second-order valence-electron chi connectivity index (χ2n) is 4.65. The molecule has 0 aliphatic carbocycles. The summed E-state index contributed by atoms with van der Waals surface area (Å²) in [6.07, 6.45) is 3.10. The molecule has 0 saturated heterocycles. The first-order chi connectivity index (χ1) is 9.00. The largest absolute Gasteiger partial charge is 0.416 e. The molecule has 19 heavy (non-hydrogen) atoms. The Labute approximate surface area is 112 Å². The Bertz CT molecular complexity index is 377. The molecule has 1 N–H and O–H groups in total. The molecule has 0 aromatic carbocycles. The van der Waals surface area contributed by atoms with E-state index in [2.05, 4.69) is 17.2 Å². The summed E-state index contributed by atoms with van der Waals surface area (Å²) in [5, 5.41) is 2.97. The van der Waals surface area contributed by atoms with E-state index in [0.717, 1.165) is 31.7 Å². The van der Waals surface area contributed by atoms with E-state index in [9.17, 15) is 13.2 Å². The topological polar surface area (TPSA) is 24.9 Å². The Balaban J connectivity index is 2.80. The van der Waals surface area contributed by atoms with E-state index in [1.165, 1.54) is 12.4 Å². The molecule has 1 aromatic rings. The standard InChI is InChI=1S/C14H21F3N2/c1-3-4-5-6-7-13(18-2)11-10-19-9-8-12(11)14(15,16)17/h8-10,13,18H,3-7H2,1-2H3. The van der Waals surface area contributed by atoms with Crippen LogP contribution in [0.15, 0.2) is 18.5 Å². The number of hydrogen-bond acceptors (Lipinski definition) is 2. The van der Waals surface area contributed by atoms with Crippen LogP contribution in [-0.4, -0.2) is 12.0 Å². The number of halogens is 3. The van der Waals surface area contributed by atoms with Crippen LogP contribution in [0.25, 0.3) is 0 Å². The van der Waals surface area contributed by atoms with Crippen molar-refractivity contribution < 1.29 is 13.2 Å². The normalized spacial score (nSPS) is 13.5. The smallest absolute Gasteiger partial charge is 0.313 e. The summed E-state index contributed by atoms with van der Waals surface area (Å²) in [4.78, 5) is 3.83. The van der Waals surface area contributed by atoms with Gasteiger partial charge in [0.15, 0.2) is 0 Å². The lowest BCUT2D eigenvalue weighted by molar-refractivity contribution is -0.138. The van der Waals surface area contributed by atoms with Gasteiger partial charge in [-0.1, -0.05) is 32.6 Å². The van der Waals surface area contributed by atoms with Gasteiger partial charge in [-0.2, -0.15) is 13.2 Å². The minimum Gasteiger partial charge on any atom is -0.313 e. The van der Waals surface area contributed by atoms with Crippen LogP contribution in [0.5, 0.6) is 0 Å².